The Labute approximate surface area is 86.3 Å². The van der Waals surface area contributed by atoms with E-state index in [0.29, 0.717) is 18.3 Å². The summed E-state index contributed by atoms with van der Waals surface area (Å²) in [6, 6.07) is 0. The van der Waals surface area contributed by atoms with E-state index in [-0.39, 0.29) is 12.1 Å². The van der Waals surface area contributed by atoms with E-state index in [9.17, 15) is 4.79 Å². The fourth-order valence-electron chi connectivity index (χ4n) is 1.84. The topological polar surface area (TPSA) is 26.3 Å². The maximum absolute atomic E-state index is 11.2. The maximum Gasteiger partial charge on any atom is 0.306 e. The van der Waals surface area contributed by atoms with Crippen LogP contribution in [0.3, 0.4) is 0 Å². The van der Waals surface area contributed by atoms with Crippen molar-refractivity contribution in [1.29, 1.82) is 0 Å². The molecule has 1 rings (SSSR count). The summed E-state index contributed by atoms with van der Waals surface area (Å²) in [7, 11) is 0. The molecular weight excluding hydrogens is 176 g/mol. The molecule has 0 saturated carbocycles. The van der Waals surface area contributed by atoms with Crippen molar-refractivity contribution < 1.29 is 9.53 Å². The largest absolute Gasteiger partial charge is 0.458 e. The number of esters is 1. The Morgan fingerprint density at radius 1 is 1.57 bits per heavy atom. The minimum absolute atomic E-state index is 0.00574. The highest BCUT2D eigenvalue weighted by Crippen LogP contribution is 2.31. The zero-order valence-electron chi connectivity index (χ0n) is 9.54. The molecule has 0 heterocycles. The predicted octanol–water partition coefficient (Wildman–Crippen LogP) is 2.93. The van der Waals surface area contributed by atoms with E-state index < -0.39 is 0 Å². The van der Waals surface area contributed by atoms with E-state index in [1.165, 1.54) is 5.57 Å². The van der Waals surface area contributed by atoms with Gasteiger partial charge in [-0.05, 0) is 30.8 Å². The summed E-state index contributed by atoms with van der Waals surface area (Å²) < 4.78 is 5.43. The molecule has 1 aliphatic carbocycles. The molecule has 0 amide bonds. The summed E-state index contributed by atoms with van der Waals surface area (Å²) in [6.07, 6.45) is 3.77. The van der Waals surface area contributed by atoms with Crippen molar-refractivity contribution >= 4 is 5.97 Å². The van der Waals surface area contributed by atoms with Crippen LogP contribution >= 0.6 is 0 Å². The lowest BCUT2D eigenvalue weighted by atomic mass is 9.80. The highest BCUT2D eigenvalue weighted by atomic mass is 16.5. The van der Waals surface area contributed by atoms with Crippen LogP contribution in [-0.4, -0.2) is 12.1 Å². The molecule has 0 aromatic rings. The van der Waals surface area contributed by atoms with Crippen LogP contribution < -0.4 is 0 Å². The second kappa shape index (κ2) is 4.63. The molecule has 0 radical (unpaired) electrons. The lowest BCUT2D eigenvalue weighted by Crippen LogP contribution is -2.32. The average molecular weight is 196 g/mol. The number of rotatable bonds is 2. The number of carbonyl (C=O) groups excluding carboxylic acids is 1. The van der Waals surface area contributed by atoms with Gasteiger partial charge >= 0.3 is 5.97 Å². The fourth-order valence-corrected chi connectivity index (χ4v) is 1.84. The summed E-state index contributed by atoms with van der Waals surface area (Å²) in [5.74, 6) is 0.951. The van der Waals surface area contributed by atoms with Gasteiger partial charge in [-0.2, -0.15) is 0 Å². The van der Waals surface area contributed by atoms with Crippen LogP contribution in [-0.2, 0) is 9.53 Å². The van der Waals surface area contributed by atoms with Gasteiger partial charge in [0.05, 0.1) is 0 Å². The monoisotopic (exact) mass is 196 g/mol. The normalized spacial score (nSPS) is 32.3. The van der Waals surface area contributed by atoms with Gasteiger partial charge in [-0.15, -0.1) is 0 Å². The molecule has 14 heavy (non-hydrogen) atoms. The zero-order chi connectivity index (χ0) is 10.7. The second-order valence-corrected chi connectivity index (χ2v) is 4.28. The standard InChI is InChI=1S/C12H20O2/c1-5-11(13)14-12-9(3)7-6-8(2)10(12)4/h7-8,10,12H,5-6H2,1-4H3. The van der Waals surface area contributed by atoms with Crippen LogP contribution in [0, 0.1) is 11.8 Å². The molecule has 0 bridgehead atoms. The predicted molar refractivity (Wildman–Crippen MR) is 56.9 cm³/mol. The lowest BCUT2D eigenvalue weighted by molar-refractivity contribution is -0.150. The first-order valence-electron chi connectivity index (χ1n) is 5.42. The van der Waals surface area contributed by atoms with Crippen molar-refractivity contribution in [3.63, 3.8) is 0 Å². The summed E-state index contributed by atoms with van der Waals surface area (Å²) in [5.41, 5.74) is 1.21. The van der Waals surface area contributed by atoms with E-state index in [1.54, 1.807) is 0 Å². The van der Waals surface area contributed by atoms with Gasteiger partial charge in [-0.25, -0.2) is 0 Å². The Hall–Kier alpha value is -0.790. The van der Waals surface area contributed by atoms with Crippen molar-refractivity contribution in [3.05, 3.63) is 11.6 Å². The SMILES string of the molecule is CCC(=O)OC1C(C)=CCC(C)C1C. The minimum atomic E-state index is -0.0938. The van der Waals surface area contributed by atoms with Gasteiger partial charge in [0, 0.05) is 6.42 Å². The quantitative estimate of drug-likeness (QED) is 0.501. The highest BCUT2D eigenvalue weighted by Gasteiger charge is 2.29. The summed E-state index contributed by atoms with van der Waals surface area (Å²) in [5, 5.41) is 0. The third-order valence-corrected chi connectivity index (χ3v) is 3.18. The lowest BCUT2D eigenvalue weighted by Gasteiger charge is -2.32. The van der Waals surface area contributed by atoms with Crippen LogP contribution in [0.2, 0.25) is 0 Å². The van der Waals surface area contributed by atoms with Crippen LogP contribution in [0.1, 0.15) is 40.5 Å². The molecule has 0 saturated heterocycles. The van der Waals surface area contributed by atoms with Gasteiger partial charge < -0.3 is 4.74 Å². The van der Waals surface area contributed by atoms with Crippen LogP contribution in [0.25, 0.3) is 0 Å². The molecule has 0 spiro atoms. The first kappa shape index (κ1) is 11.3. The fraction of sp³-hybridized carbons (Fsp3) is 0.750. The number of ether oxygens (including phenoxy) is 1. The molecule has 0 aliphatic heterocycles. The van der Waals surface area contributed by atoms with E-state index >= 15 is 0 Å². The molecule has 3 atom stereocenters. The van der Waals surface area contributed by atoms with Gasteiger partial charge in [0.15, 0.2) is 0 Å². The number of hydrogen-bond acceptors (Lipinski definition) is 2. The van der Waals surface area contributed by atoms with Crippen molar-refractivity contribution in [3.8, 4) is 0 Å². The first-order chi connectivity index (χ1) is 6.56. The van der Waals surface area contributed by atoms with Crippen molar-refractivity contribution in [2.75, 3.05) is 0 Å². The van der Waals surface area contributed by atoms with E-state index in [1.807, 2.05) is 6.92 Å². The third kappa shape index (κ3) is 2.37. The Morgan fingerprint density at radius 3 is 2.79 bits per heavy atom. The zero-order valence-corrected chi connectivity index (χ0v) is 9.54. The van der Waals surface area contributed by atoms with Crippen LogP contribution in [0.5, 0.6) is 0 Å². The van der Waals surface area contributed by atoms with Gasteiger partial charge in [0.2, 0.25) is 0 Å². The van der Waals surface area contributed by atoms with Gasteiger partial charge in [0.1, 0.15) is 6.10 Å². The molecule has 1 aliphatic rings. The van der Waals surface area contributed by atoms with Crippen LogP contribution in [0.4, 0.5) is 0 Å². The molecule has 0 N–H and O–H groups in total. The van der Waals surface area contributed by atoms with Crippen molar-refractivity contribution in [2.45, 2.75) is 46.6 Å². The summed E-state index contributed by atoms with van der Waals surface area (Å²) in [6.45, 7) is 8.25. The van der Waals surface area contributed by atoms with E-state index in [4.69, 9.17) is 4.74 Å². The van der Waals surface area contributed by atoms with Crippen LogP contribution in [0.15, 0.2) is 11.6 Å². The number of carbonyl (C=O) groups is 1. The minimum Gasteiger partial charge on any atom is -0.458 e. The summed E-state index contributed by atoms with van der Waals surface area (Å²) in [4.78, 5) is 11.2. The molecule has 0 fully saturated rings. The third-order valence-electron chi connectivity index (χ3n) is 3.18. The Kier molecular flexibility index (Phi) is 3.73. The molecule has 80 valence electrons. The molecule has 0 aromatic heterocycles. The van der Waals surface area contributed by atoms with Gasteiger partial charge in [0.25, 0.3) is 0 Å². The number of hydrogen-bond donors (Lipinski definition) is 0. The van der Waals surface area contributed by atoms with E-state index in [0.717, 1.165) is 6.42 Å². The molecule has 0 aromatic carbocycles. The Balaban J connectivity index is 2.69. The van der Waals surface area contributed by atoms with Crippen molar-refractivity contribution in [2.24, 2.45) is 11.8 Å². The Bertz CT molecular complexity index is 243. The van der Waals surface area contributed by atoms with Crippen molar-refractivity contribution in [1.82, 2.24) is 0 Å². The highest BCUT2D eigenvalue weighted by molar-refractivity contribution is 5.69. The Morgan fingerprint density at radius 2 is 2.21 bits per heavy atom. The first-order valence-corrected chi connectivity index (χ1v) is 5.42. The molecular formula is C12H20O2. The van der Waals surface area contributed by atoms with Gasteiger partial charge in [-0.1, -0.05) is 26.8 Å². The van der Waals surface area contributed by atoms with E-state index in [2.05, 4.69) is 26.8 Å². The maximum atomic E-state index is 11.2. The van der Waals surface area contributed by atoms with Gasteiger partial charge in [-0.3, -0.25) is 4.79 Å². The smallest absolute Gasteiger partial charge is 0.306 e. The molecule has 2 heteroatoms. The second-order valence-electron chi connectivity index (χ2n) is 4.28. The summed E-state index contributed by atoms with van der Waals surface area (Å²) >= 11 is 0. The number of allylic oxidation sites excluding steroid dienone is 1. The average Bonchev–Trinajstić information content (AvgIpc) is 2.18. The molecule has 2 nitrogen and oxygen atoms in total. The molecule has 3 unspecified atom stereocenters.